The molecule has 1 fully saturated rings. The van der Waals surface area contributed by atoms with Crippen molar-refractivity contribution in [3.05, 3.63) is 12.2 Å². The molecule has 1 unspecified atom stereocenters. The Morgan fingerprint density at radius 1 is 1.62 bits per heavy atom. The van der Waals surface area contributed by atoms with Gasteiger partial charge in [-0.25, -0.2) is 8.42 Å². The Bertz CT molecular complexity index is 295. The van der Waals surface area contributed by atoms with E-state index in [4.69, 9.17) is 0 Å². The van der Waals surface area contributed by atoms with Gasteiger partial charge in [0, 0.05) is 19.3 Å². The highest BCUT2D eigenvalue weighted by Crippen LogP contribution is 2.16. The van der Waals surface area contributed by atoms with Crippen molar-refractivity contribution in [3.8, 4) is 0 Å². The number of hydrogen-bond acceptors (Lipinski definition) is 3. The Labute approximate surface area is 80.3 Å². The van der Waals surface area contributed by atoms with Crippen molar-refractivity contribution in [1.82, 2.24) is 4.90 Å². The fourth-order valence-electron chi connectivity index (χ4n) is 1.67. The predicted molar refractivity (Wildman–Crippen MR) is 54.5 cm³/mol. The molecule has 0 saturated carbocycles. The van der Waals surface area contributed by atoms with Gasteiger partial charge < -0.3 is 0 Å². The summed E-state index contributed by atoms with van der Waals surface area (Å²) < 4.78 is 22.4. The van der Waals surface area contributed by atoms with Gasteiger partial charge in [-0.05, 0) is 19.9 Å². The number of sulfone groups is 1. The topological polar surface area (TPSA) is 37.4 Å². The Hall–Kier alpha value is -0.350. The third-order valence-electron chi connectivity index (χ3n) is 2.33. The number of hydrogen-bond donors (Lipinski definition) is 0. The highest BCUT2D eigenvalue weighted by atomic mass is 32.2. The molecule has 0 aromatic carbocycles. The van der Waals surface area contributed by atoms with E-state index in [0.717, 1.165) is 25.1 Å². The standard InChI is InChI=1S/C9H17NO2S/c1-8(2)6-10-5-4-9(7-10)13(3,11)12/h9H,1,4-7H2,2-3H3. The van der Waals surface area contributed by atoms with Crippen molar-refractivity contribution in [2.24, 2.45) is 0 Å². The van der Waals surface area contributed by atoms with Crippen molar-refractivity contribution in [1.29, 1.82) is 0 Å². The maximum Gasteiger partial charge on any atom is 0.151 e. The summed E-state index contributed by atoms with van der Waals surface area (Å²) in [5, 5.41) is -0.160. The van der Waals surface area contributed by atoms with Crippen molar-refractivity contribution < 1.29 is 8.42 Å². The highest BCUT2D eigenvalue weighted by molar-refractivity contribution is 7.91. The van der Waals surface area contributed by atoms with Crippen LogP contribution in [0.3, 0.4) is 0 Å². The largest absolute Gasteiger partial charge is 0.298 e. The summed E-state index contributed by atoms with van der Waals surface area (Å²) in [5.41, 5.74) is 1.09. The molecule has 1 atom stereocenters. The van der Waals surface area contributed by atoms with Crippen LogP contribution < -0.4 is 0 Å². The minimum Gasteiger partial charge on any atom is -0.298 e. The first-order chi connectivity index (χ1) is 5.89. The summed E-state index contributed by atoms with van der Waals surface area (Å²) >= 11 is 0. The molecule has 0 amide bonds. The Morgan fingerprint density at radius 3 is 2.62 bits per heavy atom. The Kier molecular flexibility index (Phi) is 3.14. The van der Waals surface area contributed by atoms with Gasteiger partial charge in [-0.3, -0.25) is 4.90 Å². The average molecular weight is 203 g/mol. The van der Waals surface area contributed by atoms with Gasteiger partial charge in [0.25, 0.3) is 0 Å². The summed E-state index contributed by atoms with van der Waals surface area (Å²) in [7, 11) is -2.84. The van der Waals surface area contributed by atoms with Crippen LogP contribution in [0.1, 0.15) is 13.3 Å². The molecule has 1 aliphatic heterocycles. The quantitative estimate of drug-likeness (QED) is 0.633. The first kappa shape index (κ1) is 10.7. The van der Waals surface area contributed by atoms with E-state index in [1.165, 1.54) is 6.26 Å². The van der Waals surface area contributed by atoms with Crippen molar-refractivity contribution in [3.63, 3.8) is 0 Å². The molecule has 0 N–H and O–H groups in total. The zero-order valence-electron chi connectivity index (χ0n) is 8.28. The third kappa shape index (κ3) is 3.12. The van der Waals surface area contributed by atoms with Crippen LogP contribution in [0.15, 0.2) is 12.2 Å². The molecular formula is C9H17NO2S. The second-order valence-electron chi connectivity index (χ2n) is 3.93. The first-order valence-corrected chi connectivity index (χ1v) is 6.40. The molecule has 1 rings (SSSR count). The summed E-state index contributed by atoms with van der Waals surface area (Å²) in [6.07, 6.45) is 2.09. The lowest BCUT2D eigenvalue weighted by Gasteiger charge is -2.14. The first-order valence-electron chi connectivity index (χ1n) is 4.45. The summed E-state index contributed by atoms with van der Waals surface area (Å²) in [4.78, 5) is 2.15. The maximum atomic E-state index is 11.2. The van der Waals surface area contributed by atoms with E-state index in [0.29, 0.717) is 6.54 Å². The van der Waals surface area contributed by atoms with Gasteiger partial charge in [-0.15, -0.1) is 0 Å². The number of likely N-dealkylation sites (tertiary alicyclic amines) is 1. The second kappa shape index (κ2) is 3.80. The van der Waals surface area contributed by atoms with Gasteiger partial charge in [0.15, 0.2) is 9.84 Å². The van der Waals surface area contributed by atoms with Gasteiger partial charge in [0.2, 0.25) is 0 Å². The molecule has 0 bridgehead atoms. The van der Waals surface area contributed by atoms with E-state index in [1.807, 2.05) is 6.92 Å². The predicted octanol–water partition coefficient (Wildman–Crippen LogP) is 0.681. The monoisotopic (exact) mass is 203 g/mol. The van der Waals surface area contributed by atoms with E-state index >= 15 is 0 Å². The molecule has 3 nitrogen and oxygen atoms in total. The molecule has 76 valence electrons. The molecule has 1 heterocycles. The molecule has 0 radical (unpaired) electrons. The van der Waals surface area contributed by atoms with Crippen LogP contribution >= 0.6 is 0 Å². The van der Waals surface area contributed by atoms with Gasteiger partial charge in [0.05, 0.1) is 5.25 Å². The number of rotatable bonds is 3. The Balaban J connectivity index is 2.50. The van der Waals surface area contributed by atoms with Gasteiger partial charge in [0.1, 0.15) is 0 Å². The molecule has 0 aromatic heterocycles. The summed E-state index contributed by atoms with van der Waals surface area (Å²) in [6, 6.07) is 0. The third-order valence-corrected chi connectivity index (χ3v) is 3.92. The average Bonchev–Trinajstić information content (AvgIpc) is 2.32. The molecule has 0 aromatic rings. The summed E-state index contributed by atoms with van der Waals surface area (Å²) in [5.74, 6) is 0. The van der Waals surface area contributed by atoms with E-state index in [9.17, 15) is 8.42 Å². The summed E-state index contributed by atoms with van der Waals surface area (Å²) in [6.45, 7) is 8.16. The van der Waals surface area contributed by atoms with Crippen molar-refractivity contribution in [2.45, 2.75) is 18.6 Å². The highest BCUT2D eigenvalue weighted by Gasteiger charge is 2.29. The van der Waals surface area contributed by atoms with Crippen LogP contribution in [0.4, 0.5) is 0 Å². The minimum atomic E-state index is -2.84. The van der Waals surface area contributed by atoms with Gasteiger partial charge >= 0.3 is 0 Å². The lowest BCUT2D eigenvalue weighted by molar-refractivity contribution is 0.369. The van der Waals surface area contributed by atoms with Crippen LogP contribution in [0.5, 0.6) is 0 Å². The molecule has 0 aliphatic carbocycles. The SMILES string of the molecule is C=C(C)CN1CCC(S(C)(=O)=O)C1. The Morgan fingerprint density at radius 2 is 2.23 bits per heavy atom. The van der Waals surface area contributed by atoms with E-state index in [-0.39, 0.29) is 5.25 Å². The van der Waals surface area contributed by atoms with Crippen molar-refractivity contribution >= 4 is 9.84 Å². The molecule has 1 aliphatic rings. The van der Waals surface area contributed by atoms with E-state index < -0.39 is 9.84 Å². The van der Waals surface area contributed by atoms with Crippen LogP contribution in [-0.4, -0.2) is 44.5 Å². The van der Waals surface area contributed by atoms with E-state index in [1.54, 1.807) is 0 Å². The van der Waals surface area contributed by atoms with Crippen LogP contribution in [0.25, 0.3) is 0 Å². The van der Waals surface area contributed by atoms with E-state index in [2.05, 4.69) is 11.5 Å². The smallest absolute Gasteiger partial charge is 0.151 e. The molecule has 13 heavy (non-hydrogen) atoms. The second-order valence-corrected chi connectivity index (χ2v) is 6.26. The molecule has 4 heteroatoms. The molecule has 0 spiro atoms. The van der Waals surface area contributed by atoms with Crippen LogP contribution in [-0.2, 0) is 9.84 Å². The maximum absolute atomic E-state index is 11.2. The molecular weight excluding hydrogens is 186 g/mol. The fraction of sp³-hybridized carbons (Fsp3) is 0.778. The van der Waals surface area contributed by atoms with Crippen LogP contribution in [0, 0.1) is 0 Å². The van der Waals surface area contributed by atoms with Crippen molar-refractivity contribution in [2.75, 3.05) is 25.9 Å². The lowest BCUT2D eigenvalue weighted by atomic mass is 10.3. The van der Waals surface area contributed by atoms with Crippen LogP contribution in [0.2, 0.25) is 0 Å². The molecule has 1 saturated heterocycles. The zero-order valence-corrected chi connectivity index (χ0v) is 9.10. The number of nitrogens with zero attached hydrogens (tertiary/aromatic N) is 1. The lowest BCUT2D eigenvalue weighted by Crippen LogP contribution is -2.27. The van der Waals surface area contributed by atoms with Gasteiger partial charge in [-0.1, -0.05) is 12.2 Å². The normalized spacial score (nSPS) is 24.9. The minimum absolute atomic E-state index is 0.160. The van der Waals surface area contributed by atoms with Gasteiger partial charge in [-0.2, -0.15) is 0 Å². The fourth-order valence-corrected chi connectivity index (χ4v) is 2.69. The zero-order chi connectivity index (χ0) is 10.1.